The van der Waals surface area contributed by atoms with Gasteiger partial charge in [0.1, 0.15) is 6.04 Å². The summed E-state index contributed by atoms with van der Waals surface area (Å²) in [6.07, 6.45) is -1.08. The van der Waals surface area contributed by atoms with E-state index >= 15 is 0 Å². The normalized spacial score (nSPS) is 45.1. The number of nitrogens with zero attached hydrogens (tertiary/aromatic N) is 4. The van der Waals surface area contributed by atoms with Crippen LogP contribution in [0.3, 0.4) is 0 Å². The standard InChI is InChI=1S/C18H32N4O5/c1-7-13-10(4)9(3)11(5)18(26-13)27-16-12(6)15(20-21-19)17(22(23)24)25-14(16)8-2/h9-18H,7-8H2,1-6H3/t9-,10-,11?,12+,13?,14?,15?,16-,17?,18-/m0/s1. The predicted molar refractivity (Wildman–Crippen MR) is 99.4 cm³/mol. The molecular formula is C18H32N4O5. The molecule has 2 heterocycles. The van der Waals surface area contributed by atoms with Gasteiger partial charge in [-0.2, -0.15) is 0 Å². The molecular weight excluding hydrogens is 352 g/mol. The average Bonchev–Trinajstić information content (AvgIpc) is 2.64. The fourth-order valence-electron chi connectivity index (χ4n) is 4.33. The number of hydrogen-bond donors (Lipinski definition) is 0. The van der Waals surface area contributed by atoms with E-state index < -0.39 is 35.7 Å². The Kier molecular flexibility index (Phi) is 7.45. The quantitative estimate of drug-likeness (QED) is 0.224. The Bertz CT molecular complexity index is 568. The molecule has 5 unspecified atom stereocenters. The summed E-state index contributed by atoms with van der Waals surface area (Å²) in [4.78, 5) is 13.7. The van der Waals surface area contributed by atoms with Gasteiger partial charge in [0, 0.05) is 16.7 Å². The van der Waals surface area contributed by atoms with Crippen LogP contribution in [0.2, 0.25) is 0 Å². The van der Waals surface area contributed by atoms with Gasteiger partial charge >= 0.3 is 6.23 Å². The maximum Gasteiger partial charge on any atom is 0.324 e. The summed E-state index contributed by atoms with van der Waals surface area (Å²) in [5, 5.41) is 15.0. The molecule has 0 aromatic carbocycles. The fourth-order valence-corrected chi connectivity index (χ4v) is 4.33. The van der Waals surface area contributed by atoms with Crippen molar-refractivity contribution in [3.63, 3.8) is 0 Å². The molecule has 2 fully saturated rings. The number of hydrogen-bond acceptors (Lipinski definition) is 6. The average molecular weight is 384 g/mol. The van der Waals surface area contributed by atoms with Crippen LogP contribution >= 0.6 is 0 Å². The van der Waals surface area contributed by atoms with Gasteiger partial charge in [-0.05, 0) is 30.2 Å². The summed E-state index contributed by atoms with van der Waals surface area (Å²) in [6.45, 7) is 12.3. The summed E-state index contributed by atoms with van der Waals surface area (Å²) < 4.78 is 18.3. The van der Waals surface area contributed by atoms with Gasteiger partial charge in [-0.1, -0.05) is 46.7 Å². The van der Waals surface area contributed by atoms with E-state index in [4.69, 9.17) is 19.7 Å². The lowest BCUT2D eigenvalue weighted by Crippen LogP contribution is -2.58. The highest BCUT2D eigenvalue weighted by atomic mass is 16.7. The summed E-state index contributed by atoms with van der Waals surface area (Å²) in [7, 11) is 0. The number of azide groups is 1. The van der Waals surface area contributed by atoms with Gasteiger partial charge in [0.2, 0.25) is 0 Å². The lowest BCUT2D eigenvalue weighted by molar-refractivity contribution is -0.593. The molecule has 9 heteroatoms. The van der Waals surface area contributed by atoms with Crippen LogP contribution in [0, 0.1) is 33.8 Å². The van der Waals surface area contributed by atoms with E-state index in [1.807, 2.05) is 13.8 Å². The van der Waals surface area contributed by atoms with E-state index in [2.05, 4.69) is 37.7 Å². The minimum Gasteiger partial charge on any atom is -0.349 e. The maximum absolute atomic E-state index is 11.4. The summed E-state index contributed by atoms with van der Waals surface area (Å²) in [5.74, 6) is 0.675. The van der Waals surface area contributed by atoms with Crippen molar-refractivity contribution in [1.29, 1.82) is 0 Å². The van der Waals surface area contributed by atoms with Crippen LogP contribution in [-0.2, 0) is 14.2 Å². The Labute approximate surface area is 160 Å². The van der Waals surface area contributed by atoms with Crippen LogP contribution in [0.4, 0.5) is 0 Å². The predicted octanol–water partition coefficient (Wildman–Crippen LogP) is 4.14. The van der Waals surface area contributed by atoms with Gasteiger partial charge in [0.25, 0.3) is 0 Å². The zero-order valence-corrected chi connectivity index (χ0v) is 17.0. The van der Waals surface area contributed by atoms with Gasteiger partial charge < -0.3 is 14.2 Å². The highest BCUT2D eigenvalue weighted by Gasteiger charge is 2.51. The third-order valence-corrected chi connectivity index (χ3v) is 6.50. The summed E-state index contributed by atoms with van der Waals surface area (Å²) >= 11 is 0. The summed E-state index contributed by atoms with van der Waals surface area (Å²) in [6, 6.07) is -0.921. The molecule has 2 aliphatic rings. The van der Waals surface area contributed by atoms with Crippen LogP contribution in [-0.4, -0.2) is 41.8 Å². The van der Waals surface area contributed by atoms with Crippen molar-refractivity contribution in [3.05, 3.63) is 20.6 Å². The van der Waals surface area contributed by atoms with Gasteiger partial charge in [-0.15, -0.1) is 0 Å². The largest absolute Gasteiger partial charge is 0.349 e. The minimum absolute atomic E-state index is 0.112. The Morgan fingerprint density at radius 2 is 1.67 bits per heavy atom. The van der Waals surface area contributed by atoms with Crippen molar-refractivity contribution in [2.75, 3.05) is 0 Å². The van der Waals surface area contributed by atoms with Crippen LogP contribution < -0.4 is 0 Å². The third kappa shape index (κ3) is 4.37. The number of rotatable bonds is 6. The van der Waals surface area contributed by atoms with E-state index in [9.17, 15) is 10.1 Å². The zero-order valence-electron chi connectivity index (χ0n) is 17.0. The van der Waals surface area contributed by atoms with Crippen LogP contribution in [0.5, 0.6) is 0 Å². The number of ether oxygens (including phenoxy) is 3. The Morgan fingerprint density at radius 3 is 2.19 bits per heavy atom. The molecule has 27 heavy (non-hydrogen) atoms. The fraction of sp³-hybridized carbons (Fsp3) is 1.00. The molecule has 0 aromatic rings. The van der Waals surface area contributed by atoms with Gasteiger partial charge in [-0.25, -0.2) is 0 Å². The second-order valence-corrected chi connectivity index (χ2v) is 7.94. The lowest BCUT2D eigenvalue weighted by Gasteiger charge is -2.47. The van der Waals surface area contributed by atoms with Crippen molar-refractivity contribution in [1.82, 2.24) is 0 Å². The van der Waals surface area contributed by atoms with Crippen molar-refractivity contribution in [2.24, 2.45) is 28.8 Å². The van der Waals surface area contributed by atoms with Gasteiger partial charge in [0.05, 0.1) is 23.2 Å². The van der Waals surface area contributed by atoms with Crippen LogP contribution in [0.15, 0.2) is 5.11 Å². The molecule has 0 aliphatic carbocycles. The molecule has 2 saturated heterocycles. The second kappa shape index (κ2) is 9.19. The molecule has 0 spiro atoms. The van der Waals surface area contributed by atoms with Crippen LogP contribution in [0.1, 0.15) is 54.4 Å². The zero-order chi connectivity index (χ0) is 20.3. The smallest absolute Gasteiger partial charge is 0.324 e. The molecule has 9 nitrogen and oxygen atoms in total. The van der Waals surface area contributed by atoms with Gasteiger partial charge in [-0.3, -0.25) is 10.1 Å². The lowest BCUT2D eigenvalue weighted by atomic mass is 9.78. The molecule has 0 amide bonds. The first kappa shape index (κ1) is 21.9. The number of nitro groups is 1. The summed E-state index contributed by atoms with van der Waals surface area (Å²) in [5.41, 5.74) is 8.85. The van der Waals surface area contributed by atoms with Gasteiger partial charge in [0.15, 0.2) is 6.29 Å². The minimum atomic E-state index is -1.35. The first-order chi connectivity index (χ1) is 12.8. The highest BCUT2D eigenvalue weighted by Crippen LogP contribution is 2.40. The van der Waals surface area contributed by atoms with E-state index in [0.29, 0.717) is 18.3 Å². The van der Waals surface area contributed by atoms with Crippen molar-refractivity contribution < 1.29 is 19.1 Å². The Hall–Kier alpha value is -1.41. The third-order valence-electron chi connectivity index (χ3n) is 6.50. The topological polar surface area (TPSA) is 120 Å². The monoisotopic (exact) mass is 384 g/mol. The van der Waals surface area contributed by atoms with Crippen LogP contribution in [0.25, 0.3) is 10.4 Å². The van der Waals surface area contributed by atoms with E-state index in [-0.39, 0.29) is 17.9 Å². The molecule has 154 valence electrons. The molecule has 0 saturated carbocycles. The highest BCUT2D eigenvalue weighted by molar-refractivity contribution is 4.93. The Morgan fingerprint density at radius 1 is 1.04 bits per heavy atom. The molecule has 2 aliphatic heterocycles. The second-order valence-electron chi connectivity index (χ2n) is 7.94. The van der Waals surface area contributed by atoms with Crippen molar-refractivity contribution >= 4 is 0 Å². The maximum atomic E-state index is 11.4. The molecule has 0 aromatic heterocycles. The van der Waals surface area contributed by atoms with Crippen molar-refractivity contribution in [3.8, 4) is 0 Å². The molecule has 0 radical (unpaired) electrons. The van der Waals surface area contributed by atoms with Crippen molar-refractivity contribution in [2.45, 2.75) is 91.3 Å². The molecule has 0 bridgehead atoms. The SMILES string of the molecule is CCC1O[C@@H](O[C@@H]2C(CC)OC([N+](=O)[O-])C(N=[N+]=[N-])[C@H]2C)C(C)[C@@H](C)[C@@H]1C. The Balaban J connectivity index is 2.24. The molecule has 0 N–H and O–H groups in total. The van der Waals surface area contributed by atoms with E-state index in [0.717, 1.165) is 6.42 Å². The van der Waals surface area contributed by atoms with E-state index in [1.165, 1.54) is 0 Å². The first-order valence-corrected chi connectivity index (χ1v) is 9.90. The first-order valence-electron chi connectivity index (χ1n) is 9.90. The molecule has 2 rings (SSSR count). The van der Waals surface area contributed by atoms with E-state index in [1.54, 1.807) is 0 Å². The molecule has 10 atom stereocenters.